The van der Waals surface area contributed by atoms with Crippen molar-refractivity contribution in [1.29, 1.82) is 0 Å². The molecule has 23 heavy (non-hydrogen) atoms. The lowest BCUT2D eigenvalue weighted by molar-refractivity contribution is -0.673. The molecule has 0 bridgehead atoms. The maximum atomic E-state index is 2.35. The Labute approximate surface area is 139 Å². The fourth-order valence-corrected chi connectivity index (χ4v) is 4.01. The van der Waals surface area contributed by atoms with Gasteiger partial charge in [0.15, 0.2) is 6.20 Å². The van der Waals surface area contributed by atoms with Crippen LogP contribution in [0.3, 0.4) is 0 Å². The SMILES string of the molecule is CC1=C(c2ccc(-c3ccc(C4CCCCC4)cc3)c[n+]2C)C1. The van der Waals surface area contributed by atoms with Gasteiger partial charge in [-0.05, 0) is 42.9 Å². The number of rotatable bonds is 3. The second kappa shape index (κ2) is 5.96. The molecule has 1 nitrogen and oxygen atoms in total. The van der Waals surface area contributed by atoms with Crippen LogP contribution in [0.25, 0.3) is 16.7 Å². The highest BCUT2D eigenvalue weighted by atomic mass is 14.9. The Balaban J connectivity index is 1.57. The molecular formula is C22H26N+. The summed E-state index contributed by atoms with van der Waals surface area (Å²) in [7, 11) is 2.16. The summed E-state index contributed by atoms with van der Waals surface area (Å²) in [6, 6.07) is 13.9. The van der Waals surface area contributed by atoms with Gasteiger partial charge in [0.2, 0.25) is 5.69 Å². The summed E-state index contributed by atoms with van der Waals surface area (Å²) in [5.74, 6) is 0.793. The number of aromatic nitrogens is 1. The minimum absolute atomic E-state index is 0.793. The molecule has 1 saturated carbocycles. The van der Waals surface area contributed by atoms with Crippen molar-refractivity contribution in [3.05, 3.63) is 59.4 Å². The molecule has 0 spiro atoms. The Morgan fingerprint density at radius 1 is 0.870 bits per heavy atom. The highest BCUT2D eigenvalue weighted by molar-refractivity contribution is 5.79. The number of benzene rings is 1. The van der Waals surface area contributed by atoms with Crippen molar-refractivity contribution < 1.29 is 4.57 Å². The Morgan fingerprint density at radius 2 is 1.52 bits per heavy atom. The van der Waals surface area contributed by atoms with Crippen LogP contribution in [0.4, 0.5) is 0 Å². The highest BCUT2D eigenvalue weighted by Crippen LogP contribution is 2.38. The molecular weight excluding hydrogens is 278 g/mol. The molecule has 0 radical (unpaired) electrons. The summed E-state index contributed by atoms with van der Waals surface area (Å²) in [6.07, 6.45) is 10.4. The maximum Gasteiger partial charge on any atom is 0.208 e. The first-order chi connectivity index (χ1) is 11.2. The zero-order valence-electron chi connectivity index (χ0n) is 14.3. The first kappa shape index (κ1) is 14.7. The van der Waals surface area contributed by atoms with Gasteiger partial charge in [0.1, 0.15) is 7.05 Å². The van der Waals surface area contributed by atoms with E-state index in [2.05, 4.69) is 61.1 Å². The lowest BCUT2D eigenvalue weighted by Gasteiger charge is -2.22. The second-order valence-electron chi connectivity index (χ2n) is 7.31. The highest BCUT2D eigenvalue weighted by Gasteiger charge is 2.25. The number of aryl methyl sites for hydroxylation is 1. The number of allylic oxidation sites excluding steroid dienone is 2. The van der Waals surface area contributed by atoms with Gasteiger partial charge in [0, 0.05) is 23.6 Å². The largest absolute Gasteiger partial charge is 0.208 e. The summed E-state index contributed by atoms with van der Waals surface area (Å²) in [4.78, 5) is 0. The van der Waals surface area contributed by atoms with Gasteiger partial charge in [0.25, 0.3) is 0 Å². The van der Waals surface area contributed by atoms with E-state index < -0.39 is 0 Å². The van der Waals surface area contributed by atoms with E-state index in [1.165, 1.54) is 72.1 Å². The zero-order valence-corrected chi connectivity index (χ0v) is 14.3. The van der Waals surface area contributed by atoms with Crippen LogP contribution in [-0.4, -0.2) is 0 Å². The number of hydrogen-bond acceptors (Lipinski definition) is 0. The van der Waals surface area contributed by atoms with Crippen LogP contribution in [0.2, 0.25) is 0 Å². The van der Waals surface area contributed by atoms with E-state index in [0.717, 1.165) is 5.92 Å². The lowest BCUT2D eigenvalue weighted by atomic mass is 9.84. The Bertz CT molecular complexity index is 746. The van der Waals surface area contributed by atoms with Crippen molar-refractivity contribution in [2.45, 2.75) is 51.4 Å². The fraction of sp³-hybridized carbons (Fsp3) is 0.409. The second-order valence-corrected chi connectivity index (χ2v) is 7.31. The predicted molar refractivity (Wildman–Crippen MR) is 96.1 cm³/mol. The summed E-state index contributed by atoms with van der Waals surface area (Å²) >= 11 is 0. The van der Waals surface area contributed by atoms with E-state index in [1.807, 2.05) is 0 Å². The van der Waals surface area contributed by atoms with Crippen LogP contribution >= 0.6 is 0 Å². The quantitative estimate of drug-likeness (QED) is 0.668. The molecule has 0 unspecified atom stereocenters. The molecule has 0 saturated heterocycles. The Kier molecular flexibility index (Phi) is 3.80. The minimum atomic E-state index is 0.793. The van der Waals surface area contributed by atoms with Gasteiger partial charge in [-0.1, -0.05) is 49.1 Å². The zero-order chi connectivity index (χ0) is 15.8. The molecule has 118 valence electrons. The predicted octanol–water partition coefficient (Wildman–Crippen LogP) is 5.40. The van der Waals surface area contributed by atoms with Crippen LogP contribution in [0.5, 0.6) is 0 Å². The van der Waals surface area contributed by atoms with Crippen molar-refractivity contribution in [3.63, 3.8) is 0 Å². The number of nitrogens with zero attached hydrogens (tertiary/aromatic N) is 1. The van der Waals surface area contributed by atoms with Gasteiger partial charge >= 0.3 is 0 Å². The van der Waals surface area contributed by atoms with Crippen LogP contribution in [0.15, 0.2) is 48.2 Å². The van der Waals surface area contributed by atoms with Gasteiger partial charge in [-0.25, -0.2) is 4.57 Å². The molecule has 4 rings (SSSR count). The number of hydrogen-bond donors (Lipinski definition) is 0. The van der Waals surface area contributed by atoms with Crippen LogP contribution in [-0.2, 0) is 7.05 Å². The molecule has 1 heteroatoms. The summed E-state index contributed by atoms with van der Waals surface area (Å²) in [5, 5.41) is 0. The average molecular weight is 304 g/mol. The molecule has 2 aliphatic carbocycles. The van der Waals surface area contributed by atoms with Gasteiger partial charge < -0.3 is 0 Å². The maximum absolute atomic E-state index is 2.35. The molecule has 0 aliphatic heterocycles. The van der Waals surface area contributed by atoms with Crippen LogP contribution in [0.1, 0.15) is 62.6 Å². The summed E-state index contributed by atoms with van der Waals surface area (Å²) in [6.45, 7) is 2.23. The molecule has 1 aromatic carbocycles. The van der Waals surface area contributed by atoms with E-state index in [9.17, 15) is 0 Å². The number of pyridine rings is 1. The average Bonchev–Trinajstić information content (AvgIpc) is 3.32. The molecule has 2 aliphatic rings. The van der Waals surface area contributed by atoms with Crippen molar-refractivity contribution in [2.75, 3.05) is 0 Å². The normalized spacial score (nSPS) is 18.3. The van der Waals surface area contributed by atoms with Gasteiger partial charge in [0.05, 0.1) is 0 Å². The first-order valence-electron chi connectivity index (χ1n) is 9.01. The molecule has 2 aromatic rings. The molecule has 1 fully saturated rings. The standard InChI is InChI=1S/C22H26N/c1-16-14-21(16)22-13-12-20(15-23(22)2)19-10-8-18(9-11-19)17-6-4-3-5-7-17/h8-13,15,17H,3-7,14H2,1-2H3/q+1. The lowest BCUT2D eigenvalue weighted by Crippen LogP contribution is -2.31. The smallest absolute Gasteiger partial charge is 0.201 e. The van der Waals surface area contributed by atoms with Crippen molar-refractivity contribution in [1.82, 2.24) is 0 Å². The third-order valence-electron chi connectivity index (χ3n) is 5.60. The van der Waals surface area contributed by atoms with E-state index in [0.29, 0.717) is 0 Å². The van der Waals surface area contributed by atoms with E-state index in [1.54, 1.807) is 0 Å². The van der Waals surface area contributed by atoms with E-state index >= 15 is 0 Å². The summed E-state index contributed by atoms with van der Waals surface area (Å²) < 4.78 is 2.27. The van der Waals surface area contributed by atoms with Crippen molar-refractivity contribution in [3.8, 4) is 11.1 Å². The van der Waals surface area contributed by atoms with Crippen molar-refractivity contribution in [2.24, 2.45) is 7.05 Å². The Hall–Kier alpha value is -1.89. The van der Waals surface area contributed by atoms with E-state index in [-0.39, 0.29) is 0 Å². The molecule has 0 atom stereocenters. The third-order valence-corrected chi connectivity index (χ3v) is 5.60. The molecule has 1 heterocycles. The van der Waals surface area contributed by atoms with Crippen LogP contribution < -0.4 is 4.57 Å². The first-order valence-corrected chi connectivity index (χ1v) is 9.01. The minimum Gasteiger partial charge on any atom is -0.201 e. The monoisotopic (exact) mass is 304 g/mol. The molecule has 0 N–H and O–H groups in total. The van der Waals surface area contributed by atoms with Crippen molar-refractivity contribution >= 4 is 5.57 Å². The van der Waals surface area contributed by atoms with E-state index in [4.69, 9.17) is 0 Å². The topological polar surface area (TPSA) is 3.88 Å². The molecule has 1 aromatic heterocycles. The fourth-order valence-electron chi connectivity index (χ4n) is 4.01. The van der Waals surface area contributed by atoms with Gasteiger partial charge in [-0.3, -0.25) is 0 Å². The van der Waals surface area contributed by atoms with Crippen LogP contribution in [0, 0.1) is 0 Å². The third kappa shape index (κ3) is 2.97. The van der Waals surface area contributed by atoms with Gasteiger partial charge in [-0.2, -0.15) is 0 Å². The molecule has 0 amide bonds. The summed E-state index contributed by atoms with van der Waals surface area (Å²) in [5.41, 5.74) is 8.59. The van der Waals surface area contributed by atoms with Gasteiger partial charge in [-0.15, -0.1) is 0 Å². The Morgan fingerprint density at radius 3 is 2.13 bits per heavy atom.